The summed E-state index contributed by atoms with van der Waals surface area (Å²) in [5.74, 6) is 0. The first-order valence-corrected chi connectivity index (χ1v) is 5.72. The van der Waals surface area contributed by atoms with Gasteiger partial charge in [-0.05, 0) is 19.9 Å². The van der Waals surface area contributed by atoms with Crippen molar-refractivity contribution in [1.29, 1.82) is 5.26 Å². The quantitative estimate of drug-likeness (QED) is 0.752. The van der Waals surface area contributed by atoms with E-state index in [1.807, 2.05) is 0 Å². The van der Waals surface area contributed by atoms with Crippen molar-refractivity contribution in [1.82, 2.24) is 0 Å². The summed E-state index contributed by atoms with van der Waals surface area (Å²) in [6, 6.07) is 4.68. The number of carbonyl (C=O) groups excluding carboxylic acids is 1. The first-order chi connectivity index (χ1) is 9.04. The number of fused-ring (bicyclic) bond motifs is 1. The lowest BCUT2D eigenvalue weighted by Gasteiger charge is -2.12. The molecule has 1 unspecified atom stereocenters. The van der Waals surface area contributed by atoms with Crippen LogP contribution in [0.4, 0.5) is 4.79 Å². The number of pyridine rings is 1. The summed E-state index contributed by atoms with van der Waals surface area (Å²) in [7, 11) is 0. The lowest BCUT2D eigenvalue weighted by Crippen LogP contribution is -2.49. The summed E-state index contributed by atoms with van der Waals surface area (Å²) >= 11 is 0. The Morgan fingerprint density at radius 3 is 2.89 bits per heavy atom. The molecule has 2 aromatic rings. The largest absolute Gasteiger partial charge is 0.833 e. The predicted molar refractivity (Wildman–Crippen MR) is 61.8 cm³/mol. The molecule has 98 valence electrons. The molecule has 0 aliphatic rings. The minimum Gasteiger partial charge on any atom is -0.833 e. The van der Waals surface area contributed by atoms with E-state index >= 15 is 0 Å². The average Bonchev–Trinajstić information content (AvgIpc) is 2.83. The molecule has 2 aromatic heterocycles. The van der Waals surface area contributed by atoms with E-state index in [1.165, 1.54) is 12.5 Å². The van der Waals surface area contributed by atoms with E-state index in [4.69, 9.17) is 14.4 Å². The highest BCUT2D eigenvalue weighted by molar-refractivity contribution is 5.79. The third-order valence-corrected chi connectivity index (χ3v) is 2.50. The second-order valence-electron chi connectivity index (χ2n) is 4.21. The summed E-state index contributed by atoms with van der Waals surface area (Å²) in [6.45, 7) is 3.40. The van der Waals surface area contributed by atoms with E-state index in [9.17, 15) is 9.90 Å². The van der Waals surface area contributed by atoms with E-state index in [1.54, 1.807) is 32.0 Å². The van der Waals surface area contributed by atoms with Crippen molar-refractivity contribution in [3.05, 3.63) is 30.3 Å². The minimum atomic E-state index is -1.69. The summed E-state index contributed by atoms with van der Waals surface area (Å²) in [4.78, 5) is 11.9. The van der Waals surface area contributed by atoms with Gasteiger partial charge in [0, 0.05) is 6.07 Å². The fraction of sp³-hybridized carbons (Fsp3) is 0.308. The van der Waals surface area contributed by atoms with Crippen LogP contribution in [0.3, 0.4) is 0 Å². The Bertz CT molecular complexity index is 654. The van der Waals surface area contributed by atoms with E-state index in [0.717, 1.165) is 4.57 Å². The molecule has 0 aromatic carbocycles. The molecule has 0 spiro atoms. The molecule has 2 heterocycles. The van der Waals surface area contributed by atoms with Gasteiger partial charge in [-0.25, -0.2) is 0 Å². The Labute approximate surface area is 109 Å². The monoisotopic (exact) mass is 260 g/mol. The zero-order chi connectivity index (χ0) is 14.0. The van der Waals surface area contributed by atoms with Gasteiger partial charge in [-0.1, -0.05) is 4.57 Å². The Morgan fingerprint density at radius 2 is 2.26 bits per heavy atom. The molecule has 1 atom stereocenters. The van der Waals surface area contributed by atoms with Crippen molar-refractivity contribution in [3.8, 4) is 6.07 Å². The zero-order valence-electron chi connectivity index (χ0n) is 10.5. The van der Waals surface area contributed by atoms with Crippen LogP contribution in [0.25, 0.3) is 11.0 Å². The van der Waals surface area contributed by atoms with Crippen molar-refractivity contribution >= 4 is 17.1 Å². The Morgan fingerprint density at radius 1 is 1.53 bits per heavy atom. The minimum absolute atomic E-state index is 0.0272. The molecular weight excluding hydrogens is 248 g/mol. The second-order valence-corrected chi connectivity index (χ2v) is 4.21. The van der Waals surface area contributed by atoms with Gasteiger partial charge in [-0.15, -0.1) is 0 Å². The molecule has 6 heteroatoms. The highest BCUT2D eigenvalue weighted by Crippen LogP contribution is 2.20. The van der Waals surface area contributed by atoms with Crippen LogP contribution in [0.5, 0.6) is 0 Å². The van der Waals surface area contributed by atoms with Crippen molar-refractivity contribution in [2.24, 2.45) is 0 Å². The van der Waals surface area contributed by atoms with Gasteiger partial charge in [0.05, 0.1) is 23.8 Å². The summed E-state index contributed by atoms with van der Waals surface area (Å²) < 4.78 is 11.3. The van der Waals surface area contributed by atoms with Gasteiger partial charge in [0.1, 0.15) is 11.7 Å². The van der Waals surface area contributed by atoms with Gasteiger partial charge in [0.25, 0.3) is 0 Å². The zero-order valence-corrected chi connectivity index (χ0v) is 10.5. The predicted octanol–water partition coefficient (Wildman–Crippen LogP) is 1.04. The van der Waals surface area contributed by atoms with Gasteiger partial charge in [0.2, 0.25) is 5.69 Å². The van der Waals surface area contributed by atoms with Crippen molar-refractivity contribution < 1.29 is 23.6 Å². The Kier molecular flexibility index (Phi) is 3.49. The summed E-state index contributed by atoms with van der Waals surface area (Å²) in [6.07, 6.45) is 0.0649. The molecule has 0 saturated carbocycles. The van der Waals surface area contributed by atoms with Crippen LogP contribution in [0.1, 0.15) is 25.6 Å². The van der Waals surface area contributed by atoms with Crippen LogP contribution in [-0.2, 0) is 4.74 Å². The number of hydrogen-bond acceptors (Lipinski definition) is 5. The van der Waals surface area contributed by atoms with E-state index in [0.29, 0.717) is 11.0 Å². The molecule has 0 aliphatic heterocycles. The first kappa shape index (κ1) is 13.1. The maximum Gasteiger partial charge on any atom is 0.602 e. The van der Waals surface area contributed by atoms with Gasteiger partial charge >= 0.3 is 6.09 Å². The Balaban J connectivity index is 2.60. The van der Waals surface area contributed by atoms with Crippen LogP contribution in [-0.4, -0.2) is 12.2 Å². The van der Waals surface area contributed by atoms with Gasteiger partial charge in [-0.2, -0.15) is 10.1 Å². The molecule has 2 rings (SSSR count). The third kappa shape index (κ3) is 2.41. The molecule has 0 bridgehead atoms. The molecular formula is C13H12N2O4. The first-order valence-electron chi connectivity index (χ1n) is 5.72. The molecule has 0 N–H and O–H groups in total. The molecule has 0 aliphatic carbocycles. The van der Waals surface area contributed by atoms with Crippen molar-refractivity contribution in [3.63, 3.8) is 0 Å². The van der Waals surface area contributed by atoms with Gasteiger partial charge in [-0.3, -0.25) is 0 Å². The molecule has 0 amide bonds. The molecule has 19 heavy (non-hydrogen) atoms. The normalized spacial score (nSPS) is 12.4. The highest BCUT2D eigenvalue weighted by Gasteiger charge is 2.27. The molecule has 0 radical (unpaired) electrons. The van der Waals surface area contributed by atoms with Crippen LogP contribution < -0.4 is 9.67 Å². The molecule has 0 saturated heterocycles. The number of nitrogens with zero attached hydrogens (tertiary/aromatic N) is 2. The van der Waals surface area contributed by atoms with Crippen LogP contribution in [0, 0.1) is 11.3 Å². The number of aromatic nitrogens is 1. The van der Waals surface area contributed by atoms with E-state index < -0.39 is 12.2 Å². The standard InChI is InChI=1S/C13H12N2O4/c1-8(2)19-13(17)15-5-3-11-9(4-6-18-11)12(15)10(16)7-14/h3-6,8,10H,1-2H3. The number of carbonyl (C=O) groups is 1. The third-order valence-electron chi connectivity index (χ3n) is 2.50. The SMILES string of the molecule is CC(C)OC(=O)[n+]1ccc2occc2c1C([O-])C#N. The number of nitriles is 1. The lowest BCUT2D eigenvalue weighted by molar-refractivity contribution is -0.612. The van der Waals surface area contributed by atoms with Crippen molar-refractivity contribution in [2.75, 3.05) is 0 Å². The maximum atomic E-state index is 11.9. The van der Waals surface area contributed by atoms with Crippen LogP contribution in [0.15, 0.2) is 29.0 Å². The highest BCUT2D eigenvalue weighted by atomic mass is 16.6. The summed E-state index contributed by atoms with van der Waals surface area (Å²) in [5.41, 5.74) is 0.471. The fourth-order valence-corrected chi connectivity index (χ4v) is 1.76. The maximum absolute atomic E-state index is 11.9. The van der Waals surface area contributed by atoms with Crippen LogP contribution >= 0.6 is 0 Å². The number of ether oxygens (including phenoxy) is 1. The fourth-order valence-electron chi connectivity index (χ4n) is 1.76. The van der Waals surface area contributed by atoms with E-state index in [2.05, 4.69) is 0 Å². The number of furan rings is 1. The van der Waals surface area contributed by atoms with Gasteiger partial charge in [0.15, 0.2) is 6.20 Å². The average molecular weight is 260 g/mol. The van der Waals surface area contributed by atoms with E-state index in [-0.39, 0.29) is 11.8 Å². The molecule has 6 nitrogen and oxygen atoms in total. The lowest BCUT2D eigenvalue weighted by atomic mass is 10.1. The van der Waals surface area contributed by atoms with Gasteiger partial charge < -0.3 is 14.3 Å². The van der Waals surface area contributed by atoms with Crippen LogP contribution in [0.2, 0.25) is 0 Å². The second kappa shape index (κ2) is 5.08. The topological polar surface area (TPSA) is 90.2 Å². The number of rotatable bonds is 2. The summed E-state index contributed by atoms with van der Waals surface area (Å²) in [5, 5.41) is 21.0. The molecule has 0 fully saturated rings. The van der Waals surface area contributed by atoms with Crippen molar-refractivity contribution in [2.45, 2.75) is 26.1 Å². The Hall–Kier alpha value is -2.39. The number of hydrogen-bond donors (Lipinski definition) is 0. The smallest absolute Gasteiger partial charge is 0.602 e.